The summed E-state index contributed by atoms with van der Waals surface area (Å²) in [5.41, 5.74) is 6.63. The number of allylic oxidation sites excluding steroid dienone is 1. The first-order valence-electron chi connectivity index (χ1n) is 10.9. The van der Waals surface area contributed by atoms with E-state index < -0.39 is 23.9 Å². The van der Waals surface area contributed by atoms with Crippen molar-refractivity contribution < 1.29 is 34.2 Å². The number of rotatable bonds is 6. The summed E-state index contributed by atoms with van der Waals surface area (Å²) in [5, 5.41) is 18.0. The van der Waals surface area contributed by atoms with Crippen LogP contribution in [0.4, 0.5) is 0 Å². The lowest BCUT2D eigenvalue weighted by Crippen LogP contribution is -2.68. The Balaban J connectivity index is 1.41. The molecular weight excluding hydrogens is 452 g/mol. The van der Waals surface area contributed by atoms with Crippen LogP contribution in [0.15, 0.2) is 22.9 Å². The van der Waals surface area contributed by atoms with E-state index in [0.29, 0.717) is 55.8 Å². The summed E-state index contributed by atoms with van der Waals surface area (Å²) in [5.74, 6) is -2.63. The van der Waals surface area contributed by atoms with Crippen molar-refractivity contribution >= 4 is 41.4 Å². The minimum Gasteiger partial charge on any atom is -0.481 e. The topological polar surface area (TPSA) is 162 Å². The van der Waals surface area contributed by atoms with Crippen LogP contribution in [0.2, 0.25) is 0 Å². The quantitative estimate of drug-likeness (QED) is 0.340. The van der Waals surface area contributed by atoms with Gasteiger partial charge in [-0.2, -0.15) is 0 Å². The number of hydrogen-bond acceptors (Lipinski definition) is 7. The molecule has 0 aliphatic carbocycles. The van der Waals surface area contributed by atoms with Crippen LogP contribution in [0.5, 0.6) is 0 Å². The van der Waals surface area contributed by atoms with Crippen LogP contribution in [-0.4, -0.2) is 97.4 Å². The highest BCUT2D eigenvalue weighted by Gasteiger charge is 2.51. The van der Waals surface area contributed by atoms with E-state index in [1.165, 1.54) is 16.7 Å². The second-order valence-corrected chi connectivity index (χ2v) is 9.64. The molecule has 11 nitrogen and oxygen atoms in total. The summed E-state index contributed by atoms with van der Waals surface area (Å²) in [6.07, 6.45) is 3.09. The van der Waals surface area contributed by atoms with Gasteiger partial charge >= 0.3 is 11.9 Å². The third kappa shape index (κ3) is 4.36. The molecule has 0 aromatic carbocycles. The number of thioether (sulfide) groups is 1. The second kappa shape index (κ2) is 9.18. The van der Waals surface area contributed by atoms with Gasteiger partial charge in [-0.15, -0.1) is 11.8 Å². The van der Waals surface area contributed by atoms with Crippen molar-refractivity contribution in [3.63, 3.8) is 0 Å². The molecule has 4 rings (SSSR count). The van der Waals surface area contributed by atoms with Crippen LogP contribution in [0.25, 0.3) is 0 Å². The lowest BCUT2D eigenvalue weighted by molar-refractivity contribution is -0.147. The Bertz CT molecular complexity index is 970. The number of likely N-dealkylation sites (tertiary alicyclic amines) is 2. The Hall–Kier alpha value is -2.86. The molecule has 3 amide bonds. The molecule has 0 bridgehead atoms. The lowest BCUT2D eigenvalue weighted by Gasteiger charge is -2.47. The van der Waals surface area contributed by atoms with Crippen molar-refractivity contribution in [1.29, 1.82) is 0 Å². The highest BCUT2D eigenvalue weighted by molar-refractivity contribution is 8.00. The number of nitrogens with zero attached hydrogens (tertiary/aromatic N) is 3. The number of β-lactam (4-membered cyclic amide) rings is 1. The standard InChI is InChI=1S/C21H26N4O7S/c22-16-19(30)25-17(21(31)32)12(10-33-20(16)25)9-11-3-8-24(18(11)29)13-4-6-23(7-5-13)14(26)1-2-15(27)28/h9,13,16,20H,1-8,10,22H2,(H,27,28)(H,31,32)/b11-9+/t16-,20-/m1/s1. The highest BCUT2D eigenvalue weighted by Crippen LogP contribution is 2.40. The van der Waals surface area contributed by atoms with Crippen molar-refractivity contribution in [2.45, 2.75) is 49.6 Å². The zero-order valence-electron chi connectivity index (χ0n) is 17.9. The predicted molar refractivity (Wildman–Crippen MR) is 117 cm³/mol. The molecule has 4 heterocycles. The number of carboxylic acids is 2. The van der Waals surface area contributed by atoms with Crippen molar-refractivity contribution in [1.82, 2.24) is 14.7 Å². The molecule has 3 saturated heterocycles. The van der Waals surface area contributed by atoms with Gasteiger partial charge in [0, 0.05) is 43.4 Å². The van der Waals surface area contributed by atoms with Gasteiger partial charge in [-0.3, -0.25) is 24.1 Å². The molecule has 3 fully saturated rings. The molecule has 2 atom stereocenters. The summed E-state index contributed by atoms with van der Waals surface area (Å²) in [7, 11) is 0. The fourth-order valence-electron chi connectivity index (χ4n) is 4.78. The molecular formula is C21H26N4O7S. The molecule has 0 unspecified atom stereocenters. The van der Waals surface area contributed by atoms with Gasteiger partial charge in [0.25, 0.3) is 0 Å². The zero-order valence-corrected chi connectivity index (χ0v) is 18.8. The van der Waals surface area contributed by atoms with Gasteiger partial charge in [0.15, 0.2) is 0 Å². The lowest BCUT2D eigenvalue weighted by atomic mass is 10.0. The maximum atomic E-state index is 13.1. The molecule has 0 saturated carbocycles. The molecule has 4 aliphatic rings. The van der Waals surface area contributed by atoms with Gasteiger partial charge < -0.3 is 25.7 Å². The number of carbonyl (C=O) groups excluding carboxylic acids is 3. The van der Waals surface area contributed by atoms with E-state index in [9.17, 15) is 29.1 Å². The first-order valence-corrected chi connectivity index (χ1v) is 11.9. The number of amides is 3. The van der Waals surface area contributed by atoms with E-state index in [1.54, 1.807) is 15.9 Å². The number of aliphatic carboxylic acids is 2. The van der Waals surface area contributed by atoms with Crippen LogP contribution < -0.4 is 5.73 Å². The van der Waals surface area contributed by atoms with Crippen LogP contribution >= 0.6 is 11.8 Å². The van der Waals surface area contributed by atoms with E-state index >= 15 is 0 Å². The molecule has 178 valence electrons. The number of hydrogen-bond donors (Lipinski definition) is 3. The third-order valence-electron chi connectivity index (χ3n) is 6.56. The summed E-state index contributed by atoms with van der Waals surface area (Å²) in [4.78, 5) is 64.4. The van der Waals surface area contributed by atoms with E-state index in [0.717, 1.165) is 0 Å². The van der Waals surface area contributed by atoms with Crippen LogP contribution in [0.3, 0.4) is 0 Å². The Morgan fingerprint density at radius 1 is 1.09 bits per heavy atom. The first-order chi connectivity index (χ1) is 15.7. The van der Waals surface area contributed by atoms with Crippen molar-refractivity contribution in [3.05, 3.63) is 22.9 Å². The fraction of sp³-hybridized carbons (Fsp3) is 0.571. The molecule has 33 heavy (non-hydrogen) atoms. The van der Waals surface area contributed by atoms with E-state index in [4.69, 9.17) is 10.8 Å². The average molecular weight is 479 g/mol. The Morgan fingerprint density at radius 3 is 2.42 bits per heavy atom. The smallest absolute Gasteiger partial charge is 0.352 e. The number of fused-ring (bicyclic) bond motifs is 1. The first kappa shape index (κ1) is 23.3. The molecule has 0 radical (unpaired) electrons. The second-order valence-electron chi connectivity index (χ2n) is 8.54. The minimum absolute atomic E-state index is 0.0279. The van der Waals surface area contributed by atoms with Gasteiger partial charge in [-0.1, -0.05) is 0 Å². The van der Waals surface area contributed by atoms with Gasteiger partial charge in [0.05, 0.1) is 6.42 Å². The minimum atomic E-state index is -1.21. The summed E-state index contributed by atoms with van der Waals surface area (Å²) in [6.45, 7) is 1.45. The van der Waals surface area contributed by atoms with Crippen LogP contribution in [0, 0.1) is 0 Å². The van der Waals surface area contributed by atoms with Crippen LogP contribution in [-0.2, 0) is 24.0 Å². The number of carboxylic acid groups (broad SMARTS) is 2. The normalized spacial score (nSPS) is 27.2. The van der Waals surface area contributed by atoms with Crippen LogP contribution in [0.1, 0.15) is 32.1 Å². The number of nitrogens with two attached hydrogens (primary N) is 1. The van der Waals surface area contributed by atoms with Crippen molar-refractivity contribution in [2.24, 2.45) is 5.73 Å². The monoisotopic (exact) mass is 478 g/mol. The molecule has 0 aromatic heterocycles. The van der Waals surface area contributed by atoms with Gasteiger partial charge in [0.1, 0.15) is 17.1 Å². The maximum Gasteiger partial charge on any atom is 0.352 e. The van der Waals surface area contributed by atoms with Gasteiger partial charge in [0.2, 0.25) is 17.7 Å². The Labute approximate surface area is 194 Å². The third-order valence-corrected chi connectivity index (χ3v) is 7.88. The van der Waals surface area contributed by atoms with Gasteiger partial charge in [-0.05, 0) is 30.9 Å². The van der Waals surface area contributed by atoms with E-state index in [-0.39, 0.29) is 41.8 Å². The molecule has 12 heteroatoms. The zero-order chi connectivity index (χ0) is 23.9. The van der Waals surface area contributed by atoms with Crippen molar-refractivity contribution in [2.75, 3.05) is 25.4 Å². The maximum absolute atomic E-state index is 13.1. The summed E-state index contributed by atoms with van der Waals surface area (Å²) >= 11 is 1.39. The van der Waals surface area contributed by atoms with Gasteiger partial charge in [-0.25, -0.2) is 4.79 Å². The summed E-state index contributed by atoms with van der Waals surface area (Å²) < 4.78 is 0. The average Bonchev–Trinajstić information content (AvgIpc) is 3.16. The number of carbonyl (C=O) groups is 5. The Morgan fingerprint density at radius 2 is 1.79 bits per heavy atom. The number of piperidine rings is 1. The molecule has 0 spiro atoms. The predicted octanol–water partition coefficient (Wildman–Crippen LogP) is -0.418. The highest BCUT2D eigenvalue weighted by atomic mass is 32.2. The fourth-order valence-corrected chi connectivity index (χ4v) is 6.03. The van der Waals surface area contributed by atoms with E-state index in [1.807, 2.05) is 0 Å². The largest absolute Gasteiger partial charge is 0.481 e. The molecule has 4 aliphatic heterocycles. The van der Waals surface area contributed by atoms with Crippen molar-refractivity contribution in [3.8, 4) is 0 Å². The van der Waals surface area contributed by atoms with E-state index in [2.05, 4.69) is 0 Å². The Kier molecular flexibility index (Phi) is 6.48. The summed E-state index contributed by atoms with van der Waals surface area (Å²) in [6, 6.07) is -0.732. The molecule has 0 aromatic rings. The molecule has 4 N–H and O–H groups in total. The SMILES string of the molecule is N[C@@H]1C(=O)N2C(C(=O)O)=C(/C=C3\CCN(C4CCN(C(=O)CCC(=O)O)CC4)C3=O)CS[C@H]12.